The van der Waals surface area contributed by atoms with Gasteiger partial charge >= 0.3 is 5.97 Å². The molecule has 1 aromatic heterocycles. The molecule has 36 heavy (non-hydrogen) atoms. The summed E-state index contributed by atoms with van der Waals surface area (Å²) in [5, 5.41) is 2.38. The van der Waals surface area contributed by atoms with Crippen molar-refractivity contribution < 1.29 is 19.0 Å². The molecule has 0 unspecified atom stereocenters. The summed E-state index contributed by atoms with van der Waals surface area (Å²) >= 11 is 7.55. The van der Waals surface area contributed by atoms with Crippen LogP contribution in [0.25, 0.3) is 17.0 Å². The number of fused-ring (bicyclic) bond motifs is 1. The number of benzene rings is 3. The molecule has 0 radical (unpaired) electrons. The lowest BCUT2D eigenvalue weighted by Crippen LogP contribution is -2.06. The van der Waals surface area contributed by atoms with Gasteiger partial charge in [-0.2, -0.15) is 0 Å². The van der Waals surface area contributed by atoms with Crippen LogP contribution in [0.15, 0.2) is 87.3 Å². The Balaban J connectivity index is 1.58. The van der Waals surface area contributed by atoms with Gasteiger partial charge in [0.15, 0.2) is 17.2 Å². The van der Waals surface area contributed by atoms with Crippen LogP contribution in [0.3, 0.4) is 0 Å². The Kier molecular flexibility index (Phi) is 6.67. The van der Waals surface area contributed by atoms with Crippen molar-refractivity contribution in [3.8, 4) is 11.5 Å². The smallest absolute Gasteiger partial charge is 0.363 e. The Bertz CT molecular complexity index is 1550. The second-order valence-electron chi connectivity index (χ2n) is 7.99. The van der Waals surface area contributed by atoms with E-state index in [0.717, 1.165) is 32.0 Å². The molecule has 0 bridgehead atoms. The van der Waals surface area contributed by atoms with Crippen molar-refractivity contribution in [2.75, 3.05) is 14.2 Å². The first-order chi connectivity index (χ1) is 17.4. The zero-order valence-electron chi connectivity index (χ0n) is 19.7. The lowest BCUT2D eigenvalue weighted by atomic mass is 10.1. The number of rotatable bonds is 6. The Morgan fingerprint density at radius 2 is 1.75 bits per heavy atom. The summed E-state index contributed by atoms with van der Waals surface area (Å²) in [6, 6.07) is 20.8. The average molecular weight is 517 g/mol. The van der Waals surface area contributed by atoms with Crippen LogP contribution in [0.4, 0.5) is 0 Å². The maximum absolute atomic E-state index is 12.8. The molecule has 0 amide bonds. The SMILES string of the molecule is COc1ccc(C2=N/C(=C/c3cc4cccc(C)c4nc3Sc3ccc(Cl)cc3)C(=O)O2)cc1OC. The van der Waals surface area contributed by atoms with E-state index in [1.807, 2.05) is 55.5 Å². The lowest BCUT2D eigenvalue weighted by molar-refractivity contribution is -0.129. The molecule has 0 saturated carbocycles. The zero-order valence-corrected chi connectivity index (χ0v) is 21.3. The van der Waals surface area contributed by atoms with Crippen LogP contribution in [0.1, 0.15) is 16.7 Å². The molecule has 0 spiro atoms. The standard InChI is InChI=1S/C28H21ClN2O4S/c1-16-5-4-6-17-13-19(27(31-25(16)17)36-21-10-8-20(29)9-11-21)14-22-28(32)35-26(30-22)18-7-12-23(33-2)24(15-18)34-3/h4-15H,1-3H3/b22-14+. The van der Waals surface area contributed by atoms with E-state index < -0.39 is 5.97 Å². The molecule has 8 heteroatoms. The lowest BCUT2D eigenvalue weighted by Gasteiger charge is -2.09. The second kappa shape index (κ2) is 10.0. The maximum Gasteiger partial charge on any atom is 0.363 e. The van der Waals surface area contributed by atoms with Crippen LogP contribution < -0.4 is 9.47 Å². The number of carbonyl (C=O) groups is 1. The van der Waals surface area contributed by atoms with Gasteiger partial charge in [-0.05, 0) is 67.1 Å². The number of methoxy groups -OCH3 is 2. The van der Waals surface area contributed by atoms with E-state index >= 15 is 0 Å². The Morgan fingerprint density at radius 1 is 0.972 bits per heavy atom. The normalized spacial score (nSPS) is 14.2. The topological polar surface area (TPSA) is 70.0 Å². The van der Waals surface area contributed by atoms with E-state index in [-0.39, 0.29) is 11.6 Å². The van der Waals surface area contributed by atoms with Crippen LogP contribution >= 0.6 is 23.4 Å². The molecule has 0 saturated heterocycles. The van der Waals surface area contributed by atoms with Crippen LogP contribution in [0.5, 0.6) is 11.5 Å². The van der Waals surface area contributed by atoms with Gasteiger partial charge in [-0.15, -0.1) is 0 Å². The molecule has 0 aliphatic carbocycles. The fourth-order valence-corrected chi connectivity index (χ4v) is 4.79. The highest BCUT2D eigenvalue weighted by Gasteiger charge is 2.26. The van der Waals surface area contributed by atoms with Crippen LogP contribution in [0, 0.1) is 6.92 Å². The Morgan fingerprint density at radius 3 is 2.50 bits per heavy atom. The van der Waals surface area contributed by atoms with Crippen molar-refractivity contribution >= 4 is 52.2 Å². The molecule has 1 aliphatic heterocycles. The highest BCUT2D eigenvalue weighted by molar-refractivity contribution is 7.99. The number of para-hydroxylation sites is 1. The molecule has 4 aromatic rings. The first-order valence-corrected chi connectivity index (χ1v) is 12.2. The van der Waals surface area contributed by atoms with Crippen molar-refractivity contribution in [3.63, 3.8) is 0 Å². The fraction of sp³-hybridized carbons (Fsp3) is 0.107. The number of aryl methyl sites for hydroxylation is 1. The highest BCUT2D eigenvalue weighted by atomic mass is 35.5. The monoisotopic (exact) mass is 516 g/mol. The number of esters is 1. The predicted molar refractivity (Wildman–Crippen MR) is 142 cm³/mol. The third-order valence-corrected chi connectivity index (χ3v) is 6.89. The van der Waals surface area contributed by atoms with Gasteiger partial charge in [0.05, 0.1) is 19.7 Å². The molecular weight excluding hydrogens is 496 g/mol. The number of aliphatic imine (C=N–C) groups is 1. The quantitative estimate of drug-likeness (QED) is 0.209. The van der Waals surface area contributed by atoms with Gasteiger partial charge in [0.2, 0.25) is 5.90 Å². The summed E-state index contributed by atoms with van der Waals surface area (Å²) in [4.78, 5) is 23.1. The minimum Gasteiger partial charge on any atom is -0.493 e. The number of ether oxygens (including phenoxy) is 3. The minimum absolute atomic E-state index is 0.187. The van der Waals surface area contributed by atoms with Gasteiger partial charge in [-0.25, -0.2) is 14.8 Å². The summed E-state index contributed by atoms with van der Waals surface area (Å²) in [6.45, 7) is 2.03. The van der Waals surface area contributed by atoms with Crippen molar-refractivity contribution in [1.29, 1.82) is 0 Å². The number of hydrogen-bond acceptors (Lipinski definition) is 7. The van der Waals surface area contributed by atoms with Crippen molar-refractivity contribution in [3.05, 3.63) is 94.1 Å². The minimum atomic E-state index is -0.536. The summed E-state index contributed by atoms with van der Waals surface area (Å²) in [6.07, 6.45) is 1.71. The molecular formula is C28H21ClN2O4S. The van der Waals surface area contributed by atoms with Gasteiger partial charge < -0.3 is 14.2 Å². The molecule has 6 nitrogen and oxygen atoms in total. The summed E-state index contributed by atoms with van der Waals surface area (Å²) < 4.78 is 16.1. The van der Waals surface area contributed by atoms with Crippen LogP contribution in [-0.4, -0.2) is 31.1 Å². The van der Waals surface area contributed by atoms with Crippen molar-refractivity contribution in [1.82, 2.24) is 4.98 Å². The second-order valence-corrected chi connectivity index (χ2v) is 9.49. The van der Waals surface area contributed by atoms with Crippen molar-refractivity contribution in [2.45, 2.75) is 16.8 Å². The maximum atomic E-state index is 12.8. The van der Waals surface area contributed by atoms with Gasteiger partial charge in [0, 0.05) is 26.4 Å². The molecule has 0 atom stereocenters. The summed E-state index contributed by atoms with van der Waals surface area (Å²) in [5.74, 6) is 0.750. The zero-order chi connectivity index (χ0) is 25.2. The molecule has 0 N–H and O–H groups in total. The molecule has 180 valence electrons. The van der Waals surface area contributed by atoms with Crippen LogP contribution in [0.2, 0.25) is 5.02 Å². The van der Waals surface area contributed by atoms with Gasteiger partial charge in [0.1, 0.15) is 5.03 Å². The van der Waals surface area contributed by atoms with E-state index in [1.54, 1.807) is 38.5 Å². The van der Waals surface area contributed by atoms with E-state index in [2.05, 4.69) is 4.99 Å². The van der Waals surface area contributed by atoms with E-state index in [4.69, 9.17) is 30.8 Å². The molecule has 3 aromatic carbocycles. The molecule has 1 aliphatic rings. The largest absolute Gasteiger partial charge is 0.493 e. The first kappa shape index (κ1) is 23.9. The van der Waals surface area contributed by atoms with E-state index in [0.29, 0.717) is 22.1 Å². The first-order valence-electron chi connectivity index (χ1n) is 11.0. The van der Waals surface area contributed by atoms with E-state index in [1.165, 1.54) is 11.8 Å². The van der Waals surface area contributed by atoms with Gasteiger partial charge in [-0.1, -0.05) is 41.6 Å². The Labute approximate surface area is 217 Å². The van der Waals surface area contributed by atoms with E-state index in [9.17, 15) is 4.79 Å². The number of nitrogens with zero attached hydrogens (tertiary/aromatic N) is 2. The highest BCUT2D eigenvalue weighted by Crippen LogP contribution is 2.35. The van der Waals surface area contributed by atoms with Crippen molar-refractivity contribution in [2.24, 2.45) is 4.99 Å². The number of cyclic esters (lactones) is 1. The van der Waals surface area contributed by atoms with Crippen LogP contribution in [-0.2, 0) is 9.53 Å². The predicted octanol–water partition coefficient (Wildman–Crippen LogP) is 6.71. The fourth-order valence-electron chi connectivity index (χ4n) is 3.79. The summed E-state index contributed by atoms with van der Waals surface area (Å²) in [5.41, 5.74) is 3.52. The van der Waals surface area contributed by atoms with Gasteiger partial charge in [0.25, 0.3) is 0 Å². The molecule has 0 fully saturated rings. The number of carbonyl (C=O) groups excluding carboxylic acids is 1. The van der Waals surface area contributed by atoms with Gasteiger partial charge in [-0.3, -0.25) is 0 Å². The number of aromatic nitrogens is 1. The third kappa shape index (κ3) is 4.80. The summed E-state index contributed by atoms with van der Waals surface area (Å²) in [7, 11) is 3.11. The number of halogens is 1. The number of pyridine rings is 1. The average Bonchev–Trinajstić information content (AvgIpc) is 3.25. The Hall–Kier alpha value is -3.81. The molecule has 2 heterocycles. The third-order valence-electron chi connectivity index (χ3n) is 5.61. The number of hydrogen-bond donors (Lipinski definition) is 0. The molecule has 5 rings (SSSR count).